The number of nitrogens with one attached hydrogen (secondary N) is 1. The molecule has 0 spiro atoms. The van der Waals surface area contributed by atoms with E-state index in [9.17, 15) is 0 Å². The minimum atomic E-state index is 0.709. The second-order valence-corrected chi connectivity index (χ2v) is 3.27. The number of aromatic nitrogens is 4. The van der Waals surface area contributed by atoms with E-state index in [2.05, 4.69) is 20.5 Å². The van der Waals surface area contributed by atoms with Crippen molar-refractivity contribution in [3.8, 4) is 0 Å². The Morgan fingerprint density at radius 1 is 1.33 bits per heavy atom. The fourth-order valence-corrected chi connectivity index (χ4v) is 1.30. The van der Waals surface area contributed by atoms with Crippen LogP contribution in [0.15, 0.2) is 30.7 Å². The standard InChI is InChI=1S/C10H13N5/c1-15-6-5-12-10(15)8-11-7-9-3-2-4-13-14-9/h2-6,11H,7-8H2,1H3. The second kappa shape index (κ2) is 4.65. The molecule has 0 aromatic carbocycles. The maximum absolute atomic E-state index is 4.21. The Hall–Kier alpha value is -1.75. The summed E-state index contributed by atoms with van der Waals surface area (Å²) < 4.78 is 1.99. The van der Waals surface area contributed by atoms with Crippen molar-refractivity contribution >= 4 is 0 Å². The first-order valence-electron chi connectivity index (χ1n) is 4.80. The smallest absolute Gasteiger partial charge is 0.122 e. The Bertz CT molecular complexity index is 409. The van der Waals surface area contributed by atoms with Crippen molar-refractivity contribution in [3.05, 3.63) is 42.2 Å². The fourth-order valence-electron chi connectivity index (χ4n) is 1.30. The van der Waals surface area contributed by atoms with E-state index in [1.54, 1.807) is 12.4 Å². The van der Waals surface area contributed by atoms with E-state index in [4.69, 9.17) is 0 Å². The van der Waals surface area contributed by atoms with Crippen LogP contribution in [0, 0.1) is 0 Å². The van der Waals surface area contributed by atoms with Crippen LogP contribution in [0.4, 0.5) is 0 Å². The highest BCUT2D eigenvalue weighted by molar-refractivity contribution is 4.99. The van der Waals surface area contributed by atoms with Gasteiger partial charge in [0.25, 0.3) is 0 Å². The minimum Gasteiger partial charge on any atom is -0.337 e. The molecule has 0 aliphatic heterocycles. The molecule has 0 unspecified atom stereocenters. The van der Waals surface area contributed by atoms with E-state index in [0.717, 1.165) is 18.1 Å². The summed E-state index contributed by atoms with van der Waals surface area (Å²) in [4.78, 5) is 4.21. The van der Waals surface area contributed by atoms with Gasteiger partial charge in [-0.2, -0.15) is 10.2 Å². The molecule has 78 valence electrons. The molecule has 0 amide bonds. The van der Waals surface area contributed by atoms with Crippen LogP contribution >= 0.6 is 0 Å². The lowest BCUT2D eigenvalue weighted by atomic mass is 10.4. The third kappa shape index (κ3) is 2.60. The molecular formula is C10H13N5. The highest BCUT2D eigenvalue weighted by atomic mass is 15.1. The predicted molar refractivity (Wildman–Crippen MR) is 55.8 cm³/mol. The summed E-state index contributed by atoms with van der Waals surface area (Å²) in [7, 11) is 1.98. The monoisotopic (exact) mass is 203 g/mol. The van der Waals surface area contributed by atoms with Crippen molar-refractivity contribution in [2.24, 2.45) is 7.05 Å². The van der Waals surface area contributed by atoms with Gasteiger partial charge in [-0.1, -0.05) is 0 Å². The zero-order valence-electron chi connectivity index (χ0n) is 8.59. The van der Waals surface area contributed by atoms with Crippen molar-refractivity contribution in [1.82, 2.24) is 25.1 Å². The zero-order chi connectivity index (χ0) is 10.5. The number of imidazole rings is 1. The second-order valence-electron chi connectivity index (χ2n) is 3.27. The summed E-state index contributed by atoms with van der Waals surface area (Å²) in [5, 5.41) is 11.0. The Balaban J connectivity index is 1.83. The molecule has 2 aromatic rings. The largest absolute Gasteiger partial charge is 0.337 e. The number of hydrogen-bond acceptors (Lipinski definition) is 4. The van der Waals surface area contributed by atoms with E-state index >= 15 is 0 Å². The quantitative estimate of drug-likeness (QED) is 0.786. The Kier molecular flexibility index (Phi) is 3.04. The van der Waals surface area contributed by atoms with E-state index in [-0.39, 0.29) is 0 Å². The SMILES string of the molecule is Cn1ccnc1CNCc1cccnn1. The molecule has 5 heteroatoms. The van der Waals surface area contributed by atoms with Crippen molar-refractivity contribution in [3.63, 3.8) is 0 Å². The molecule has 5 nitrogen and oxygen atoms in total. The summed E-state index contributed by atoms with van der Waals surface area (Å²) in [6.07, 6.45) is 5.39. The van der Waals surface area contributed by atoms with Crippen molar-refractivity contribution < 1.29 is 0 Å². The van der Waals surface area contributed by atoms with E-state index in [1.165, 1.54) is 0 Å². The molecule has 0 fully saturated rings. The molecule has 2 rings (SSSR count). The van der Waals surface area contributed by atoms with Crippen LogP contribution in [0.5, 0.6) is 0 Å². The van der Waals surface area contributed by atoms with Gasteiger partial charge in [0.15, 0.2) is 0 Å². The molecule has 0 saturated carbocycles. The number of rotatable bonds is 4. The van der Waals surface area contributed by atoms with Gasteiger partial charge in [0, 0.05) is 32.2 Å². The zero-order valence-corrected chi connectivity index (χ0v) is 8.59. The van der Waals surface area contributed by atoms with Crippen molar-refractivity contribution in [2.75, 3.05) is 0 Å². The maximum Gasteiger partial charge on any atom is 0.122 e. The van der Waals surface area contributed by atoms with Gasteiger partial charge in [0.2, 0.25) is 0 Å². The molecule has 0 atom stereocenters. The first-order chi connectivity index (χ1) is 7.36. The normalized spacial score (nSPS) is 10.5. The molecule has 0 saturated heterocycles. The lowest BCUT2D eigenvalue weighted by Crippen LogP contribution is -2.16. The topological polar surface area (TPSA) is 55.6 Å². The highest BCUT2D eigenvalue weighted by Gasteiger charge is 1.98. The summed E-state index contributed by atoms with van der Waals surface area (Å²) in [5.74, 6) is 1.01. The summed E-state index contributed by atoms with van der Waals surface area (Å²) in [6, 6.07) is 3.82. The van der Waals surface area contributed by atoms with Crippen molar-refractivity contribution in [2.45, 2.75) is 13.1 Å². The van der Waals surface area contributed by atoms with E-state index < -0.39 is 0 Å². The molecule has 0 aliphatic rings. The minimum absolute atomic E-state index is 0.709. The Labute approximate surface area is 88.2 Å². The van der Waals surface area contributed by atoms with Crippen LogP contribution in [-0.4, -0.2) is 19.7 Å². The molecule has 0 aliphatic carbocycles. The van der Waals surface area contributed by atoms with Crippen LogP contribution in [0.1, 0.15) is 11.5 Å². The van der Waals surface area contributed by atoms with Crippen LogP contribution < -0.4 is 5.32 Å². The van der Waals surface area contributed by atoms with Crippen LogP contribution in [0.3, 0.4) is 0 Å². The van der Waals surface area contributed by atoms with Gasteiger partial charge >= 0.3 is 0 Å². The van der Waals surface area contributed by atoms with Crippen molar-refractivity contribution in [1.29, 1.82) is 0 Å². The molecule has 2 heterocycles. The highest BCUT2D eigenvalue weighted by Crippen LogP contribution is 1.95. The molecule has 0 bridgehead atoms. The number of nitrogens with zero attached hydrogens (tertiary/aromatic N) is 4. The first-order valence-corrected chi connectivity index (χ1v) is 4.80. The van der Waals surface area contributed by atoms with Crippen LogP contribution in [0.25, 0.3) is 0 Å². The van der Waals surface area contributed by atoms with Gasteiger partial charge in [-0.3, -0.25) is 0 Å². The number of hydrogen-bond donors (Lipinski definition) is 1. The third-order valence-electron chi connectivity index (χ3n) is 2.14. The van der Waals surface area contributed by atoms with E-state index in [0.29, 0.717) is 6.54 Å². The van der Waals surface area contributed by atoms with Gasteiger partial charge < -0.3 is 9.88 Å². The van der Waals surface area contributed by atoms with Crippen LogP contribution in [0.2, 0.25) is 0 Å². The third-order valence-corrected chi connectivity index (χ3v) is 2.14. The van der Waals surface area contributed by atoms with Gasteiger partial charge in [0.1, 0.15) is 5.82 Å². The lowest BCUT2D eigenvalue weighted by Gasteiger charge is -2.03. The van der Waals surface area contributed by atoms with Gasteiger partial charge in [0.05, 0.1) is 12.2 Å². The summed E-state index contributed by atoms with van der Waals surface area (Å²) in [6.45, 7) is 1.45. The predicted octanol–water partition coefficient (Wildman–Crippen LogP) is 0.500. The molecule has 15 heavy (non-hydrogen) atoms. The Morgan fingerprint density at radius 2 is 2.27 bits per heavy atom. The summed E-state index contributed by atoms with van der Waals surface area (Å²) in [5.41, 5.74) is 0.937. The molecular weight excluding hydrogens is 190 g/mol. The molecule has 1 N–H and O–H groups in total. The molecule has 0 radical (unpaired) electrons. The van der Waals surface area contributed by atoms with Gasteiger partial charge in [-0.05, 0) is 12.1 Å². The van der Waals surface area contributed by atoms with Gasteiger partial charge in [-0.25, -0.2) is 4.98 Å². The first kappa shape index (κ1) is 9.79. The van der Waals surface area contributed by atoms with Crippen LogP contribution in [-0.2, 0) is 20.1 Å². The molecule has 2 aromatic heterocycles. The lowest BCUT2D eigenvalue weighted by molar-refractivity contribution is 0.625. The maximum atomic E-state index is 4.21. The van der Waals surface area contributed by atoms with Gasteiger partial charge in [-0.15, -0.1) is 0 Å². The average molecular weight is 203 g/mol. The fraction of sp³-hybridized carbons (Fsp3) is 0.300. The Morgan fingerprint density at radius 3 is 2.93 bits per heavy atom. The summed E-state index contributed by atoms with van der Waals surface area (Å²) >= 11 is 0. The number of aryl methyl sites for hydroxylation is 1. The average Bonchev–Trinajstić information content (AvgIpc) is 2.66. The van der Waals surface area contributed by atoms with E-state index in [1.807, 2.05) is 29.9 Å².